The predicted molar refractivity (Wildman–Crippen MR) is 82.8 cm³/mol. The van der Waals surface area contributed by atoms with E-state index >= 15 is 0 Å². The fourth-order valence-electron chi connectivity index (χ4n) is 2.27. The van der Waals surface area contributed by atoms with Gasteiger partial charge < -0.3 is 15.4 Å². The second-order valence-electron chi connectivity index (χ2n) is 5.04. The first-order valence-corrected chi connectivity index (χ1v) is 6.86. The van der Waals surface area contributed by atoms with Gasteiger partial charge in [0.2, 0.25) is 0 Å². The summed E-state index contributed by atoms with van der Waals surface area (Å²) >= 11 is 0. The number of nitrogens with one attached hydrogen (secondary N) is 1. The fraction of sp³-hybridized carbons (Fsp3) is 0.333. The summed E-state index contributed by atoms with van der Waals surface area (Å²) in [4.78, 5) is 18.4. The minimum absolute atomic E-state index is 0.0211. The second-order valence-corrected chi connectivity index (χ2v) is 5.04. The number of amides is 1. The zero-order chi connectivity index (χ0) is 15.4. The number of nitrogens with zero attached hydrogens (tertiary/aromatic N) is 2. The van der Waals surface area contributed by atoms with Gasteiger partial charge in [0.1, 0.15) is 11.5 Å². The van der Waals surface area contributed by atoms with Gasteiger partial charge in [-0.15, -0.1) is 0 Å². The number of hydrazine groups is 1. The van der Waals surface area contributed by atoms with Crippen molar-refractivity contribution < 1.29 is 9.90 Å². The third-order valence-corrected chi connectivity index (χ3v) is 3.32. The topological polar surface area (TPSA) is 91.5 Å². The molecule has 0 unspecified atom stereocenters. The van der Waals surface area contributed by atoms with Gasteiger partial charge >= 0.3 is 0 Å². The smallest absolute Gasteiger partial charge is 0.272 e. The number of nitrogen functional groups attached to an aromatic ring is 1. The summed E-state index contributed by atoms with van der Waals surface area (Å²) in [5, 5.41) is 10.8. The molecule has 6 heteroatoms. The monoisotopic (exact) mass is 288 g/mol. The van der Waals surface area contributed by atoms with Crippen molar-refractivity contribution in [3.63, 3.8) is 0 Å². The SMILES string of the molecule is CC(C)N(CCO)C(=O)c1cc2ccccc2c(NN)n1. The number of aliphatic hydroxyl groups is 1. The van der Waals surface area contributed by atoms with Crippen LogP contribution in [0.5, 0.6) is 0 Å². The summed E-state index contributed by atoms with van der Waals surface area (Å²) < 4.78 is 0. The van der Waals surface area contributed by atoms with Crippen LogP contribution in [0.15, 0.2) is 30.3 Å². The van der Waals surface area contributed by atoms with E-state index in [9.17, 15) is 4.79 Å². The highest BCUT2D eigenvalue weighted by Crippen LogP contribution is 2.22. The quantitative estimate of drug-likeness (QED) is 0.571. The molecule has 0 atom stereocenters. The van der Waals surface area contributed by atoms with Gasteiger partial charge in [0.15, 0.2) is 0 Å². The van der Waals surface area contributed by atoms with Crippen molar-refractivity contribution in [1.82, 2.24) is 9.88 Å². The molecule has 4 N–H and O–H groups in total. The van der Waals surface area contributed by atoms with Crippen LogP contribution in [0.3, 0.4) is 0 Å². The summed E-state index contributed by atoms with van der Waals surface area (Å²) in [6.45, 7) is 3.99. The maximum atomic E-state index is 12.6. The van der Waals surface area contributed by atoms with Gasteiger partial charge in [-0.05, 0) is 25.3 Å². The molecule has 21 heavy (non-hydrogen) atoms. The van der Waals surface area contributed by atoms with Gasteiger partial charge in [-0.3, -0.25) is 4.79 Å². The maximum absolute atomic E-state index is 12.6. The van der Waals surface area contributed by atoms with E-state index in [4.69, 9.17) is 10.9 Å². The molecule has 0 saturated heterocycles. The van der Waals surface area contributed by atoms with Crippen LogP contribution in [0, 0.1) is 0 Å². The first-order valence-electron chi connectivity index (χ1n) is 6.86. The Morgan fingerprint density at radius 3 is 2.76 bits per heavy atom. The van der Waals surface area contributed by atoms with E-state index < -0.39 is 0 Å². The number of anilines is 1. The van der Waals surface area contributed by atoms with Crippen LogP contribution in [-0.2, 0) is 0 Å². The highest BCUT2D eigenvalue weighted by Gasteiger charge is 2.20. The molecular formula is C15H20N4O2. The second kappa shape index (κ2) is 6.51. The van der Waals surface area contributed by atoms with Crippen LogP contribution in [0.4, 0.5) is 5.82 Å². The van der Waals surface area contributed by atoms with Crippen LogP contribution >= 0.6 is 0 Å². The van der Waals surface area contributed by atoms with Crippen LogP contribution in [0.1, 0.15) is 24.3 Å². The van der Waals surface area contributed by atoms with Gasteiger partial charge in [-0.25, -0.2) is 10.8 Å². The van der Waals surface area contributed by atoms with Crippen LogP contribution in [0.2, 0.25) is 0 Å². The Morgan fingerprint density at radius 1 is 1.43 bits per heavy atom. The van der Waals surface area contributed by atoms with E-state index in [0.29, 0.717) is 11.5 Å². The Bertz CT molecular complexity index is 643. The van der Waals surface area contributed by atoms with E-state index in [2.05, 4.69) is 10.4 Å². The summed E-state index contributed by atoms with van der Waals surface area (Å²) in [7, 11) is 0. The van der Waals surface area contributed by atoms with Crippen molar-refractivity contribution in [2.45, 2.75) is 19.9 Å². The highest BCUT2D eigenvalue weighted by atomic mass is 16.3. The lowest BCUT2D eigenvalue weighted by Crippen LogP contribution is -2.39. The molecule has 6 nitrogen and oxygen atoms in total. The Hall–Kier alpha value is -2.18. The average Bonchev–Trinajstić information content (AvgIpc) is 2.50. The Labute approximate surface area is 123 Å². The van der Waals surface area contributed by atoms with E-state index in [-0.39, 0.29) is 25.1 Å². The lowest BCUT2D eigenvalue weighted by atomic mass is 10.1. The van der Waals surface area contributed by atoms with Crippen molar-refractivity contribution in [2.24, 2.45) is 5.84 Å². The molecule has 112 valence electrons. The molecule has 1 aromatic carbocycles. The van der Waals surface area contributed by atoms with Crippen molar-refractivity contribution >= 4 is 22.5 Å². The fourth-order valence-corrected chi connectivity index (χ4v) is 2.27. The summed E-state index contributed by atoms with van der Waals surface area (Å²) in [6.07, 6.45) is 0. The minimum atomic E-state index is -0.221. The minimum Gasteiger partial charge on any atom is -0.395 e. The Morgan fingerprint density at radius 2 is 2.14 bits per heavy atom. The molecule has 2 aromatic rings. The number of rotatable bonds is 5. The summed E-state index contributed by atoms with van der Waals surface area (Å²) in [5.74, 6) is 5.74. The molecule has 0 radical (unpaired) electrons. The van der Waals surface area contributed by atoms with Crippen molar-refractivity contribution in [1.29, 1.82) is 0 Å². The lowest BCUT2D eigenvalue weighted by molar-refractivity contribution is 0.0660. The van der Waals surface area contributed by atoms with Gasteiger partial charge in [-0.1, -0.05) is 24.3 Å². The van der Waals surface area contributed by atoms with Gasteiger partial charge in [0.05, 0.1) is 6.61 Å². The number of fused-ring (bicyclic) bond motifs is 1. The average molecular weight is 288 g/mol. The van der Waals surface area contributed by atoms with Crippen LogP contribution in [0.25, 0.3) is 10.8 Å². The molecule has 1 aromatic heterocycles. The van der Waals surface area contributed by atoms with E-state index in [1.54, 1.807) is 11.0 Å². The molecule has 0 saturated carbocycles. The number of hydrogen-bond acceptors (Lipinski definition) is 5. The molecule has 0 aliphatic heterocycles. The number of nitrogens with two attached hydrogens (primary N) is 1. The number of benzene rings is 1. The lowest BCUT2D eigenvalue weighted by Gasteiger charge is -2.25. The first kappa shape index (κ1) is 15.2. The zero-order valence-corrected chi connectivity index (χ0v) is 12.2. The molecule has 2 rings (SSSR count). The number of pyridine rings is 1. The number of carbonyl (C=O) groups is 1. The largest absolute Gasteiger partial charge is 0.395 e. The van der Waals surface area contributed by atoms with Crippen LogP contribution < -0.4 is 11.3 Å². The maximum Gasteiger partial charge on any atom is 0.272 e. The third-order valence-electron chi connectivity index (χ3n) is 3.32. The highest BCUT2D eigenvalue weighted by molar-refractivity contribution is 6.00. The Kier molecular flexibility index (Phi) is 4.72. The molecule has 0 aliphatic rings. The molecular weight excluding hydrogens is 268 g/mol. The zero-order valence-electron chi connectivity index (χ0n) is 12.2. The van der Waals surface area contributed by atoms with E-state index in [1.165, 1.54) is 0 Å². The summed E-state index contributed by atoms with van der Waals surface area (Å²) in [6, 6.07) is 9.29. The molecule has 0 bridgehead atoms. The van der Waals surface area contributed by atoms with E-state index in [1.807, 2.05) is 38.1 Å². The third kappa shape index (κ3) is 3.12. The number of aromatic nitrogens is 1. The molecule has 1 heterocycles. The molecule has 0 aliphatic carbocycles. The predicted octanol–water partition coefficient (Wildman–Crippen LogP) is 1.36. The van der Waals surface area contributed by atoms with Crippen molar-refractivity contribution in [2.75, 3.05) is 18.6 Å². The van der Waals surface area contributed by atoms with Gasteiger partial charge in [0.25, 0.3) is 5.91 Å². The van der Waals surface area contributed by atoms with Gasteiger partial charge in [-0.2, -0.15) is 0 Å². The number of carbonyl (C=O) groups excluding carboxylic acids is 1. The summed E-state index contributed by atoms with van der Waals surface area (Å²) in [5.41, 5.74) is 2.84. The van der Waals surface area contributed by atoms with Crippen molar-refractivity contribution in [3.05, 3.63) is 36.0 Å². The standard InChI is InChI=1S/C15H20N4O2/c1-10(2)19(7-8-20)15(21)13-9-11-5-3-4-6-12(11)14(17-13)18-16/h3-6,9-10,20H,7-8,16H2,1-2H3,(H,17,18). The van der Waals surface area contributed by atoms with Crippen molar-refractivity contribution in [3.8, 4) is 0 Å². The first-order chi connectivity index (χ1) is 10.1. The van der Waals surface area contributed by atoms with Gasteiger partial charge in [0, 0.05) is 18.0 Å². The molecule has 0 fully saturated rings. The normalized spacial score (nSPS) is 10.9. The number of hydrogen-bond donors (Lipinski definition) is 3. The van der Waals surface area contributed by atoms with E-state index in [0.717, 1.165) is 10.8 Å². The number of aliphatic hydroxyl groups excluding tert-OH is 1. The Balaban J connectivity index is 2.48. The van der Waals surface area contributed by atoms with Crippen LogP contribution in [-0.4, -0.2) is 40.1 Å². The molecule has 1 amide bonds. The molecule has 0 spiro atoms.